The SMILES string of the molecule is CCOC(=O)C(C)c1ccc2c(c1)OCC(Cc1ccccc1)C2O. The fourth-order valence-electron chi connectivity index (χ4n) is 3.22. The maximum atomic E-state index is 11.9. The third-order valence-corrected chi connectivity index (χ3v) is 4.74. The van der Waals surface area contributed by atoms with Gasteiger partial charge in [-0.2, -0.15) is 0 Å². The molecule has 0 fully saturated rings. The molecule has 3 rings (SSSR count). The van der Waals surface area contributed by atoms with Gasteiger partial charge in [0.25, 0.3) is 0 Å². The molecule has 0 aliphatic carbocycles. The van der Waals surface area contributed by atoms with Crippen molar-refractivity contribution in [2.24, 2.45) is 5.92 Å². The van der Waals surface area contributed by atoms with E-state index in [9.17, 15) is 9.90 Å². The lowest BCUT2D eigenvalue weighted by molar-refractivity contribution is -0.144. The summed E-state index contributed by atoms with van der Waals surface area (Å²) in [4.78, 5) is 11.9. The predicted molar refractivity (Wildman–Crippen MR) is 95.6 cm³/mol. The van der Waals surface area contributed by atoms with Gasteiger partial charge in [0.1, 0.15) is 5.75 Å². The van der Waals surface area contributed by atoms with E-state index < -0.39 is 6.10 Å². The van der Waals surface area contributed by atoms with Crippen LogP contribution in [0.4, 0.5) is 0 Å². The van der Waals surface area contributed by atoms with Crippen LogP contribution in [0.15, 0.2) is 48.5 Å². The second-order valence-corrected chi connectivity index (χ2v) is 6.48. The highest BCUT2D eigenvalue weighted by Crippen LogP contribution is 2.38. The Hall–Kier alpha value is -2.33. The fraction of sp³-hybridized carbons (Fsp3) is 0.381. The first-order chi connectivity index (χ1) is 12.1. The molecule has 4 nitrogen and oxygen atoms in total. The molecule has 132 valence electrons. The van der Waals surface area contributed by atoms with Gasteiger partial charge in [0, 0.05) is 11.5 Å². The molecular weight excluding hydrogens is 316 g/mol. The highest BCUT2D eigenvalue weighted by Gasteiger charge is 2.30. The molecule has 3 atom stereocenters. The first kappa shape index (κ1) is 17.5. The molecule has 1 N–H and O–H groups in total. The molecule has 0 spiro atoms. The maximum Gasteiger partial charge on any atom is 0.313 e. The van der Waals surface area contributed by atoms with E-state index in [-0.39, 0.29) is 17.8 Å². The Balaban J connectivity index is 1.76. The third-order valence-electron chi connectivity index (χ3n) is 4.74. The summed E-state index contributed by atoms with van der Waals surface area (Å²) in [5.41, 5.74) is 2.81. The predicted octanol–water partition coefficient (Wildman–Crippen LogP) is 3.64. The molecule has 0 saturated heterocycles. The van der Waals surface area contributed by atoms with Gasteiger partial charge in [-0.1, -0.05) is 42.5 Å². The molecule has 0 aromatic heterocycles. The van der Waals surface area contributed by atoms with Gasteiger partial charge in [0.05, 0.1) is 25.2 Å². The van der Waals surface area contributed by atoms with Gasteiger partial charge < -0.3 is 14.6 Å². The molecule has 2 aromatic rings. The second kappa shape index (κ2) is 7.70. The fourth-order valence-corrected chi connectivity index (χ4v) is 3.22. The Morgan fingerprint density at radius 1 is 1.28 bits per heavy atom. The van der Waals surface area contributed by atoms with Gasteiger partial charge in [-0.3, -0.25) is 4.79 Å². The number of esters is 1. The van der Waals surface area contributed by atoms with Crippen LogP contribution in [0.3, 0.4) is 0 Å². The number of rotatable bonds is 5. The van der Waals surface area contributed by atoms with E-state index in [4.69, 9.17) is 9.47 Å². The van der Waals surface area contributed by atoms with Crippen LogP contribution in [0, 0.1) is 5.92 Å². The molecule has 1 aliphatic rings. The lowest BCUT2D eigenvalue weighted by atomic mass is 9.87. The average molecular weight is 340 g/mol. The number of fused-ring (bicyclic) bond motifs is 1. The summed E-state index contributed by atoms with van der Waals surface area (Å²) in [6.45, 7) is 4.44. The van der Waals surface area contributed by atoms with E-state index in [0.29, 0.717) is 19.0 Å². The number of hydrogen-bond acceptors (Lipinski definition) is 4. The average Bonchev–Trinajstić information content (AvgIpc) is 2.64. The summed E-state index contributed by atoms with van der Waals surface area (Å²) in [5, 5.41) is 10.7. The lowest BCUT2D eigenvalue weighted by Gasteiger charge is -2.31. The van der Waals surface area contributed by atoms with Gasteiger partial charge in [0.2, 0.25) is 0 Å². The van der Waals surface area contributed by atoms with E-state index in [2.05, 4.69) is 12.1 Å². The summed E-state index contributed by atoms with van der Waals surface area (Å²) in [6.07, 6.45) is 0.193. The first-order valence-corrected chi connectivity index (χ1v) is 8.75. The summed E-state index contributed by atoms with van der Waals surface area (Å²) < 4.78 is 11.0. The summed E-state index contributed by atoms with van der Waals surface area (Å²) in [7, 11) is 0. The van der Waals surface area contributed by atoms with E-state index in [1.165, 1.54) is 5.56 Å². The van der Waals surface area contributed by atoms with Crippen molar-refractivity contribution < 1.29 is 19.4 Å². The topological polar surface area (TPSA) is 55.8 Å². The third kappa shape index (κ3) is 3.85. The lowest BCUT2D eigenvalue weighted by Crippen LogP contribution is -2.28. The molecule has 4 heteroatoms. The first-order valence-electron chi connectivity index (χ1n) is 8.75. The van der Waals surface area contributed by atoms with Gasteiger partial charge in [-0.05, 0) is 37.5 Å². The zero-order valence-corrected chi connectivity index (χ0v) is 14.6. The van der Waals surface area contributed by atoms with Gasteiger partial charge >= 0.3 is 5.97 Å². The maximum absolute atomic E-state index is 11.9. The number of ether oxygens (including phenoxy) is 2. The smallest absolute Gasteiger partial charge is 0.313 e. The monoisotopic (exact) mass is 340 g/mol. The number of carbonyl (C=O) groups is 1. The number of aliphatic hydroxyl groups excluding tert-OH is 1. The van der Waals surface area contributed by atoms with Crippen LogP contribution in [0.1, 0.15) is 42.6 Å². The minimum absolute atomic E-state index is 0.0169. The van der Waals surface area contributed by atoms with E-state index >= 15 is 0 Å². The Morgan fingerprint density at radius 2 is 2.04 bits per heavy atom. The van der Waals surface area contributed by atoms with Crippen LogP contribution in [-0.2, 0) is 16.0 Å². The Kier molecular flexibility index (Phi) is 5.39. The van der Waals surface area contributed by atoms with Gasteiger partial charge in [-0.15, -0.1) is 0 Å². The van der Waals surface area contributed by atoms with Crippen molar-refractivity contribution in [3.63, 3.8) is 0 Å². The molecule has 1 heterocycles. The Bertz CT molecular complexity index is 726. The summed E-state index contributed by atoms with van der Waals surface area (Å²) in [5.74, 6) is 0.0717. The molecular formula is C21H24O4. The van der Waals surface area contributed by atoms with Crippen molar-refractivity contribution in [2.75, 3.05) is 13.2 Å². The number of benzene rings is 2. The van der Waals surface area contributed by atoms with Crippen LogP contribution in [0.2, 0.25) is 0 Å². The minimum atomic E-state index is -0.573. The molecule has 0 bridgehead atoms. The van der Waals surface area contributed by atoms with Crippen LogP contribution < -0.4 is 4.74 Å². The summed E-state index contributed by atoms with van der Waals surface area (Å²) in [6, 6.07) is 15.7. The number of carbonyl (C=O) groups excluding carboxylic acids is 1. The van der Waals surface area contributed by atoms with Crippen molar-refractivity contribution >= 4 is 5.97 Å². The second-order valence-electron chi connectivity index (χ2n) is 6.48. The van der Waals surface area contributed by atoms with Crippen LogP contribution in [-0.4, -0.2) is 24.3 Å². The van der Waals surface area contributed by atoms with Crippen molar-refractivity contribution in [3.05, 3.63) is 65.2 Å². The highest BCUT2D eigenvalue weighted by atomic mass is 16.5. The normalized spacial score (nSPS) is 20.3. The van der Waals surface area contributed by atoms with Crippen molar-refractivity contribution in [1.82, 2.24) is 0 Å². The molecule has 0 saturated carbocycles. The highest BCUT2D eigenvalue weighted by molar-refractivity contribution is 5.77. The molecule has 0 radical (unpaired) electrons. The largest absolute Gasteiger partial charge is 0.493 e. The Morgan fingerprint density at radius 3 is 2.76 bits per heavy atom. The molecule has 0 amide bonds. The van der Waals surface area contributed by atoms with E-state index in [1.807, 2.05) is 43.3 Å². The molecule has 3 unspecified atom stereocenters. The molecule has 2 aromatic carbocycles. The Labute approximate surface area is 148 Å². The summed E-state index contributed by atoms with van der Waals surface area (Å²) >= 11 is 0. The van der Waals surface area contributed by atoms with Gasteiger partial charge in [0.15, 0.2) is 0 Å². The van der Waals surface area contributed by atoms with Crippen LogP contribution in [0.25, 0.3) is 0 Å². The molecule has 25 heavy (non-hydrogen) atoms. The van der Waals surface area contributed by atoms with E-state index in [1.54, 1.807) is 6.92 Å². The standard InChI is InChI=1S/C21H24O4/c1-3-24-21(23)14(2)16-9-10-18-19(12-16)25-13-17(20(18)22)11-15-7-5-4-6-8-15/h4-10,12,14,17,20,22H,3,11,13H2,1-2H3. The zero-order chi connectivity index (χ0) is 17.8. The van der Waals surface area contributed by atoms with Crippen molar-refractivity contribution in [2.45, 2.75) is 32.3 Å². The van der Waals surface area contributed by atoms with Crippen LogP contribution >= 0.6 is 0 Å². The zero-order valence-electron chi connectivity index (χ0n) is 14.6. The number of hydrogen-bond donors (Lipinski definition) is 1. The van der Waals surface area contributed by atoms with Crippen molar-refractivity contribution in [1.29, 1.82) is 0 Å². The minimum Gasteiger partial charge on any atom is -0.493 e. The van der Waals surface area contributed by atoms with Crippen LogP contribution in [0.5, 0.6) is 5.75 Å². The van der Waals surface area contributed by atoms with Gasteiger partial charge in [-0.25, -0.2) is 0 Å². The van der Waals surface area contributed by atoms with Crippen molar-refractivity contribution in [3.8, 4) is 5.75 Å². The van der Waals surface area contributed by atoms with E-state index in [0.717, 1.165) is 17.5 Å². The quantitative estimate of drug-likeness (QED) is 0.845. The molecule has 1 aliphatic heterocycles. The number of aliphatic hydroxyl groups is 1.